The van der Waals surface area contributed by atoms with Crippen molar-refractivity contribution in [3.63, 3.8) is 0 Å². The number of rotatable bonds is 6. The quantitative estimate of drug-likeness (QED) is 0.852. The highest BCUT2D eigenvalue weighted by Gasteiger charge is 2.16. The van der Waals surface area contributed by atoms with Crippen LogP contribution in [0.2, 0.25) is 5.02 Å². The number of anilines is 1. The van der Waals surface area contributed by atoms with Gasteiger partial charge < -0.3 is 10.1 Å². The molecular formula is C18H20ClFN2O2. The summed E-state index contributed by atoms with van der Waals surface area (Å²) in [6.07, 6.45) is 0. The van der Waals surface area contributed by atoms with E-state index in [1.54, 1.807) is 30.3 Å². The Morgan fingerprint density at radius 2 is 1.96 bits per heavy atom. The topological polar surface area (TPSA) is 41.6 Å². The van der Waals surface area contributed by atoms with Gasteiger partial charge in [-0.3, -0.25) is 9.69 Å². The van der Waals surface area contributed by atoms with E-state index in [0.29, 0.717) is 16.5 Å². The highest BCUT2D eigenvalue weighted by Crippen LogP contribution is 2.27. The molecule has 0 aliphatic heterocycles. The molecule has 1 atom stereocenters. The first-order chi connectivity index (χ1) is 11.4. The zero-order valence-electron chi connectivity index (χ0n) is 13.8. The minimum absolute atomic E-state index is 0.0300. The first-order valence-corrected chi connectivity index (χ1v) is 7.87. The number of nitrogens with zero attached hydrogens (tertiary/aromatic N) is 1. The van der Waals surface area contributed by atoms with Crippen LogP contribution >= 0.6 is 11.6 Å². The lowest BCUT2D eigenvalue weighted by molar-refractivity contribution is -0.117. The number of likely N-dealkylation sites (N-methyl/N-ethyl adjacent to an activating group) is 1. The lowest BCUT2D eigenvalue weighted by atomic mass is 10.1. The van der Waals surface area contributed by atoms with Crippen molar-refractivity contribution in [2.24, 2.45) is 0 Å². The molecule has 0 saturated heterocycles. The van der Waals surface area contributed by atoms with Crippen molar-refractivity contribution in [1.82, 2.24) is 4.90 Å². The number of amides is 1. The number of ether oxygens (including phenoxy) is 1. The number of hydrogen-bond donors (Lipinski definition) is 1. The third-order valence-corrected chi connectivity index (χ3v) is 4.08. The van der Waals surface area contributed by atoms with Gasteiger partial charge in [-0.15, -0.1) is 0 Å². The molecule has 0 saturated carbocycles. The molecule has 1 amide bonds. The Labute approximate surface area is 146 Å². The molecule has 0 heterocycles. The van der Waals surface area contributed by atoms with Gasteiger partial charge in [0.2, 0.25) is 5.91 Å². The summed E-state index contributed by atoms with van der Waals surface area (Å²) < 4.78 is 18.2. The Bertz CT molecular complexity index is 707. The molecule has 0 radical (unpaired) electrons. The Kier molecular flexibility index (Phi) is 6.17. The standard InChI is InChI=1S/C18H20ClFN2O2/c1-12(13-4-7-15(20)8-5-13)22(2)11-18(23)21-16-10-14(19)6-9-17(16)24-3/h4-10,12H,11H2,1-3H3,(H,21,23)/t12-/m0/s1. The van der Waals surface area contributed by atoms with Gasteiger partial charge in [0.1, 0.15) is 11.6 Å². The number of carbonyl (C=O) groups excluding carboxylic acids is 1. The van der Waals surface area contributed by atoms with Crippen molar-refractivity contribution in [3.8, 4) is 5.75 Å². The molecule has 2 rings (SSSR count). The van der Waals surface area contributed by atoms with Crippen LogP contribution < -0.4 is 10.1 Å². The van der Waals surface area contributed by atoms with Crippen LogP contribution in [0.1, 0.15) is 18.5 Å². The maximum absolute atomic E-state index is 13.0. The largest absolute Gasteiger partial charge is 0.495 e. The molecule has 4 nitrogen and oxygen atoms in total. The Morgan fingerprint density at radius 3 is 2.58 bits per heavy atom. The third kappa shape index (κ3) is 4.69. The van der Waals surface area contributed by atoms with Crippen LogP contribution in [0, 0.1) is 5.82 Å². The average molecular weight is 351 g/mol. The Balaban J connectivity index is 2.01. The molecule has 0 aliphatic rings. The van der Waals surface area contributed by atoms with Crippen molar-refractivity contribution in [3.05, 3.63) is 58.9 Å². The normalized spacial score (nSPS) is 12.1. The van der Waals surface area contributed by atoms with Crippen LogP contribution in [0.25, 0.3) is 0 Å². The van der Waals surface area contributed by atoms with Gasteiger partial charge in [0.25, 0.3) is 0 Å². The molecule has 0 spiro atoms. The number of methoxy groups -OCH3 is 1. The van der Waals surface area contributed by atoms with Gasteiger partial charge in [-0.05, 0) is 49.9 Å². The summed E-state index contributed by atoms with van der Waals surface area (Å²) in [4.78, 5) is 14.2. The summed E-state index contributed by atoms with van der Waals surface area (Å²) in [6.45, 7) is 2.13. The smallest absolute Gasteiger partial charge is 0.238 e. The van der Waals surface area contributed by atoms with Crippen LogP contribution in [0.15, 0.2) is 42.5 Å². The fraction of sp³-hybridized carbons (Fsp3) is 0.278. The van der Waals surface area contributed by atoms with Crippen LogP contribution in [-0.2, 0) is 4.79 Å². The SMILES string of the molecule is COc1ccc(Cl)cc1NC(=O)CN(C)[C@@H](C)c1ccc(F)cc1. The first-order valence-electron chi connectivity index (χ1n) is 7.50. The van der Waals surface area contributed by atoms with Crippen LogP contribution in [0.4, 0.5) is 10.1 Å². The zero-order chi connectivity index (χ0) is 17.7. The molecule has 6 heteroatoms. The van der Waals surface area contributed by atoms with Gasteiger partial charge in [0.05, 0.1) is 19.3 Å². The van der Waals surface area contributed by atoms with E-state index in [4.69, 9.17) is 16.3 Å². The molecule has 1 N–H and O–H groups in total. The van der Waals surface area contributed by atoms with Gasteiger partial charge >= 0.3 is 0 Å². The summed E-state index contributed by atoms with van der Waals surface area (Å²) in [5, 5.41) is 3.31. The average Bonchev–Trinajstić information content (AvgIpc) is 2.55. The number of carbonyl (C=O) groups is 1. The van der Waals surface area contributed by atoms with Gasteiger partial charge in [0, 0.05) is 11.1 Å². The van der Waals surface area contributed by atoms with Crippen molar-refractivity contribution in [1.29, 1.82) is 0 Å². The van der Waals surface area contributed by atoms with E-state index in [1.165, 1.54) is 19.2 Å². The summed E-state index contributed by atoms with van der Waals surface area (Å²) in [5.41, 5.74) is 1.46. The monoisotopic (exact) mass is 350 g/mol. The number of benzene rings is 2. The Hall–Kier alpha value is -2.11. The zero-order valence-corrected chi connectivity index (χ0v) is 14.6. The second-order valence-corrected chi connectivity index (χ2v) is 5.97. The van der Waals surface area contributed by atoms with Crippen molar-refractivity contribution < 1.29 is 13.9 Å². The third-order valence-electron chi connectivity index (χ3n) is 3.84. The maximum atomic E-state index is 13.0. The molecule has 0 aliphatic carbocycles. The van der Waals surface area contributed by atoms with Crippen LogP contribution in [-0.4, -0.2) is 31.5 Å². The van der Waals surface area contributed by atoms with Crippen LogP contribution in [0.3, 0.4) is 0 Å². The predicted octanol–water partition coefficient (Wildman–Crippen LogP) is 4.12. The second kappa shape index (κ2) is 8.13. The Morgan fingerprint density at radius 1 is 1.29 bits per heavy atom. The molecule has 0 unspecified atom stereocenters. The van der Waals surface area contributed by atoms with Crippen LogP contribution in [0.5, 0.6) is 5.75 Å². The molecule has 0 aromatic heterocycles. The van der Waals surface area contributed by atoms with E-state index in [2.05, 4.69) is 5.32 Å². The van der Waals surface area contributed by atoms with Gasteiger partial charge in [0.15, 0.2) is 0 Å². The van der Waals surface area contributed by atoms with Crippen molar-refractivity contribution in [2.75, 3.05) is 26.0 Å². The minimum atomic E-state index is -0.278. The molecule has 0 bridgehead atoms. The lowest BCUT2D eigenvalue weighted by Crippen LogP contribution is -2.32. The highest BCUT2D eigenvalue weighted by atomic mass is 35.5. The molecule has 2 aromatic carbocycles. The summed E-state index contributed by atoms with van der Waals surface area (Å²) in [6, 6.07) is 11.3. The van der Waals surface area contributed by atoms with E-state index in [-0.39, 0.29) is 24.3 Å². The van der Waals surface area contributed by atoms with Gasteiger partial charge in [-0.25, -0.2) is 4.39 Å². The molecule has 0 fully saturated rings. The lowest BCUT2D eigenvalue weighted by Gasteiger charge is -2.24. The van der Waals surface area contributed by atoms with E-state index >= 15 is 0 Å². The second-order valence-electron chi connectivity index (χ2n) is 5.54. The molecule has 128 valence electrons. The molecule has 2 aromatic rings. The van der Waals surface area contributed by atoms with Crippen molar-refractivity contribution >= 4 is 23.2 Å². The van der Waals surface area contributed by atoms with E-state index in [1.807, 2.05) is 18.9 Å². The first kappa shape index (κ1) is 18.2. The summed E-state index contributed by atoms with van der Waals surface area (Å²) in [5.74, 6) is 0.0772. The minimum Gasteiger partial charge on any atom is -0.495 e. The molecular weight excluding hydrogens is 331 g/mol. The number of halogens is 2. The van der Waals surface area contributed by atoms with E-state index < -0.39 is 0 Å². The van der Waals surface area contributed by atoms with Gasteiger partial charge in [-0.2, -0.15) is 0 Å². The number of hydrogen-bond acceptors (Lipinski definition) is 3. The fourth-order valence-electron chi connectivity index (χ4n) is 2.33. The fourth-order valence-corrected chi connectivity index (χ4v) is 2.50. The van der Waals surface area contributed by atoms with E-state index in [9.17, 15) is 9.18 Å². The van der Waals surface area contributed by atoms with Crippen molar-refractivity contribution in [2.45, 2.75) is 13.0 Å². The predicted molar refractivity (Wildman–Crippen MR) is 94.1 cm³/mol. The summed E-state index contributed by atoms with van der Waals surface area (Å²) >= 11 is 5.96. The van der Waals surface area contributed by atoms with Gasteiger partial charge in [-0.1, -0.05) is 23.7 Å². The van der Waals surface area contributed by atoms with E-state index in [0.717, 1.165) is 5.56 Å². The number of nitrogens with one attached hydrogen (secondary N) is 1. The molecule has 24 heavy (non-hydrogen) atoms. The maximum Gasteiger partial charge on any atom is 0.238 e. The highest BCUT2D eigenvalue weighted by molar-refractivity contribution is 6.31. The summed E-state index contributed by atoms with van der Waals surface area (Å²) in [7, 11) is 3.37.